The van der Waals surface area contributed by atoms with Crippen molar-refractivity contribution in [2.75, 3.05) is 0 Å². The molecule has 3 aromatic carbocycles. The predicted octanol–water partition coefficient (Wildman–Crippen LogP) is 6.02. The molecule has 0 saturated heterocycles. The number of phenolic OH excluding ortho intramolecular Hbond substituents is 1. The van der Waals surface area contributed by atoms with Crippen LogP contribution in [0.15, 0.2) is 91.1 Å². The number of fused-ring (bicyclic) bond motifs is 4. The van der Waals surface area contributed by atoms with Crippen LogP contribution in [-0.2, 0) is 21.1 Å². The molecule has 3 heterocycles. The van der Waals surface area contributed by atoms with Crippen LogP contribution >= 0.6 is 0 Å². The molecule has 0 aliphatic heterocycles. The molecule has 1 N–H and O–H groups in total. The van der Waals surface area contributed by atoms with Gasteiger partial charge in [0.2, 0.25) is 5.88 Å². The number of aromatic hydroxyl groups is 1. The van der Waals surface area contributed by atoms with Gasteiger partial charge in [-0.3, -0.25) is 0 Å². The summed E-state index contributed by atoms with van der Waals surface area (Å²) in [6, 6.07) is 27.2. The average molecular weight is 600 g/mol. The number of hydrogen-bond donors (Lipinski definition) is 1. The van der Waals surface area contributed by atoms with E-state index in [1.807, 2.05) is 47.0 Å². The van der Waals surface area contributed by atoms with Crippen LogP contribution in [0.3, 0.4) is 0 Å². The Bertz CT molecular complexity index is 1700. The normalized spacial score (nSPS) is 11.9. The number of ether oxygens (including phenoxy) is 1. The van der Waals surface area contributed by atoms with Crippen LogP contribution in [-0.4, -0.2) is 19.6 Å². The van der Waals surface area contributed by atoms with Crippen LogP contribution in [0.4, 0.5) is 0 Å². The van der Waals surface area contributed by atoms with Crippen molar-refractivity contribution < 1.29 is 33.7 Å². The maximum absolute atomic E-state index is 10.2. The van der Waals surface area contributed by atoms with Gasteiger partial charge in [0.25, 0.3) is 0 Å². The molecule has 0 aliphatic carbocycles. The topological polar surface area (TPSA) is 60.2 Å². The summed E-state index contributed by atoms with van der Waals surface area (Å²) in [5.41, 5.74) is 2.03. The van der Waals surface area contributed by atoms with E-state index in [1.54, 1.807) is 30.3 Å². The third-order valence-electron chi connectivity index (χ3n) is 5.20. The van der Waals surface area contributed by atoms with E-state index in [4.69, 9.17) is 7.48 Å². The SMILES string of the molecule is [2H]c1cccc(-n2c3[c-]c(Oc4ccc5ccc([2H])c(O)c5n4)ccc3c3ccccc32)n1.[Pt]. The quantitative estimate of drug-likeness (QED) is 0.253. The van der Waals surface area contributed by atoms with Gasteiger partial charge in [-0.2, -0.15) is 6.07 Å². The zero-order valence-electron chi connectivity index (χ0n) is 18.5. The molecular formula is C26H16N3O2Pt-. The molecule has 32 heavy (non-hydrogen) atoms. The second-order valence-electron chi connectivity index (χ2n) is 7.08. The number of benzene rings is 3. The summed E-state index contributed by atoms with van der Waals surface area (Å²) in [5.74, 6) is 1.17. The molecule has 6 aromatic rings. The first-order valence-corrected chi connectivity index (χ1v) is 9.75. The van der Waals surface area contributed by atoms with E-state index in [1.165, 1.54) is 6.07 Å². The maximum atomic E-state index is 10.2. The first-order chi connectivity index (χ1) is 16.1. The molecule has 0 radical (unpaired) electrons. The van der Waals surface area contributed by atoms with E-state index in [9.17, 15) is 5.11 Å². The molecule has 0 fully saturated rings. The van der Waals surface area contributed by atoms with Crippen LogP contribution in [0.25, 0.3) is 38.5 Å². The third-order valence-corrected chi connectivity index (χ3v) is 5.20. The maximum Gasteiger partial charge on any atom is 0.217 e. The average Bonchev–Trinajstić information content (AvgIpc) is 3.15. The summed E-state index contributed by atoms with van der Waals surface area (Å²) in [5, 5.41) is 13.0. The number of phenols is 1. The molecule has 6 heteroatoms. The monoisotopic (exact) mass is 599 g/mol. The molecule has 0 unspecified atom stereocenters. The van der Waals surface area contributed by atoms with Crippen LogP contribution in [0.2, 0.25) is 0 Å². The number of para-hydroxylation sites is 2. The molecule has 0 bridgehead atoms. The smallest absolute Gasteiger partial charge is 0.217 e. The summed E-state index contributed by atoms with van der Waals surface area (Å²) >= 11 is 0. The van der Waals surface area contributed by atoms with Gasteiger partial charge < -0.3 is 14.4 Å². The van der Waals surface area contributed by atoms with Gasteiger partial charge in [0.15, 0.2) is 0 Å². The number of aromatic nitrogens is 3. The Hall–Kier alpha value is -3.69. The molecule has 0 spiro atoms. The molecular weight excluding hydrogens is 581 g/mol. The molecule has 3 aromatic heterocycles. The number of hydrogen-bond acceptors (Lipinski definition) is 4. The number of pyridine rings is 2. The van der Waals surface area contributed by atoms with Gasteiger partial charge in [-0.1, -0.05) is 41.9 Å². The van der Waals surface area contributed by atoms with Gasteiger partial charge in [0.1, 0.15) is 17.1 Å². The summed E-state index contributed by atoms with van der Waals surface area (Å²) in [7, 11) is 0. The molecule has 0 saturated carbocycles. The van der Waals surface area contributed by atoms with E-state index in [0.717, 1.165) is 27.2 Å². The van der Waals surface area contributed by atoms with Crippen molar-refractivity contribution in [2.45, 2.75) is 0 Å². The largest absolute Gasteiger partial charge is 0.506 e. The Labute approximate surface area is 201 Å². The molecule has 0 aliphatic rings. The fourth-order valence-corrected chi connectivity index (χ4v) is 3.84. The fourth-order valence-electron chi connectivity index (χ4n) is 3.84. The summed E-state index contributed by atoms with van der Waals surface area (Å²) in [6.07, 6.45) is 0.180. The molecule has 5 nitrogen and oxygen atoms in total. The Morgan fingerprint density at radius 1 is 0.906 bits per heavy atom. The van der Waals surface area contributed by atoms with Crippen molar-refractivity contribution in [1.29, 1.82) is 0 Å². The second kappa shape index (κ2) is 8.10. The molecule has 6 rings (SSSR count). The van der Waals surface area contributed by atoms with Crippen LogP contribution in [0.5, 0.6) is 17.4 Å². The van der Waals surface area contributed by atoms with Gasteiger partial charge >= 0.3 is 0 Å². The van der Waals surface area contributed by atoms with Gasteiger partial charge in [0, 0.05) is 50.0 Å². The van der Waals surface area contributed by atoms with Crippen molar-refractivity contribution in [3.05, 3.63) is 97.1 Å². The minimum Gasteiger partial charge on any atom is -0.506 e. The number of nitrogens with zero attached hydrogens (tertiary/aromatic N) is 3. The van der Waals surface area contributed by atoms with Crippen molar-refractivity contribution in [3.63, 3.8) is 0 Å². The molecule has 0 amide bonds. The fraction of sp³-hybridized carbons (Fsp3) is 0. The first kappa shape index (κ1) is 17.9. The van der Waals surface area contributed by atoms with Crippen LogP contribution in [0, 0.1) is 6.07 Å². The van der Waals surface area contributed by atoms with E-state index in [2.05, 4.69) is 16.0 Å². The van der Waals surface area contributed by atoms with Crippen molar-refractivity contribution in [3.8, 4) is 23.2 Å². The third kappa shape index (κ3) is 3.31. The zero-order valence-corrected chi connectivity index (χ0v) is 18.8. The van der Waals surface area contributed by atoms with E-state index in [-0.39, 0.29) is 44.9 Å². The predicted molar refractivity (Wildman–Crippen MR) is 121 cm³/mol. The van der Waals surface area contributed by atoms with Crippen molar-refractivity contribution in [2.24, 2.45) is 0 Å². The Kier molecular flexibility index (Phi) is 4.54. The van der Waals surface area contributed by atoms with Gasteiger partial charge in [-0.15, -0.1) is 17.5 Å². The minimum absolute atomic E-state index is 0. The summed E-state index contributed by atoms with van der Waals surface area (Å²) in [4.78, 5) is 8.78. The Morgan fingerprint density at radius 3 is 2.69 bits per heavy atom. The van der Waals surface area contributed by atoms with Gasteiger partial charge in [-0.25, -0.2) is 9.97 Å². The Balaban J connectivity index is 0.00000241. The van der Waals surface area contributed by atoms with Crippen LogP contribution in [0.1, 0.15) is 2.74 Å². The second-order valence-corrected chi connectivity index (χ2v) is 7.08. The summed E-state index contributed by atoms with van der Waals surface area (Å²) < 4.78 is 23.7. The van der Waals surface area contributed by atoms with Gasteiger partial charge in [-0.05, 0) is 35.7 Å². The minimum atomic E-state index is -0.182. The number of rotatable bonds is 3. The standard InChI is InChI=1S/C26H16N3O2.Pt/c30-23-9-5-6-17-11-14-25(28-26(17)23)31-18-12-13-20-19-7-1-2-8-21(19)29(22(20)16-18)24-10-3-4-15-27-24;/h1-15,30H;/q-1;/i9D,15D;. The van der Waals surface area contributed by atoms with Crippen molar-refractivity contribution in [1.82, 2.24) is 14.5 Å². The molecule has 0 atom stereocenters. The van der Waals surface area contributed by atoms with E-state index in [0.29, 0.717) is 17.1 Å². The molecule has 158 valence electrons. The van der Waals surface area contributed by atoms with Crippen molar-refractivity contribution >= 4 is 32.7 Å². The van der Waals surface area contributed by atoms with E-state index >= 15 is 0 Å². The first-order valence-electron chi connectivity index (χ1n) is 10.8. The Morgan fingerprint density at radius 2 is 1.78 bits per heavy atom. The summed E-state index contributed by atoms with van der Waals surface area (Å²) in [6.45, 7) is 0. The zero-order chi connectivity index (χ0) is 22.5. The van der Waals surface area contributed by atoms with Crippen LogP contribution < -0.4 is 4.74 Å². The van der Waals surface area contributed by atoms with E-state index < -0.39 is 0 Å². The van der Waals surface area contributed by atoms with Gasteiger partial charge in [0.05, 0.1) is 2.74 Å².